The van der Waals surface area contributed by atoms with Crippen molar-refractivity contribution >= 4 is 31.2 Å². The van der Waals surface area contributed by atoms with E-state index in [2.05, 4.69) is 41.0 Å². The van der Waals surface area contributed by atoms with E-state index in [4.69, 9.17) is 4.74 Å². The lowest BCUT2D eigenvalue weighted by molar-refractivity contribution is -0.109. The van der Waals surface area contributed by atoms with Gasteiger partial charge < -0.3 is 15.4 Å². The van der Waals surface area contributed by atoms with Crippen LogP contribution in [0.2, 0.25) is 0 Å². The van der Waals surface area contributed by atoms with E-state index < -0.39 is 0 Å². The SMILES string of the molecule is Cl.Cl.O=CNCCNCCOc1ccccc1Cc1ccccc1. The summed E-state index contributed by atoms with van der Waals surface area (Å²) in [6.45, 7) is 2.73. The molecule has 2 rings (SSSR count). The lowest BCUT2D eigenvalue weighted by atomic mass is 10.0. The molecule has 6 heteroatoms. The minimum Gasteiger partial charge on any atom is -0.492 e. The topological polar surface area (TPSA) is 50.4 Å². The minimum absolute atomic E-state index is 0. The maximum absolute atomic E-state index is 10.1. The summed E-state index contributed by atoms with van der Waals surface area (Å²) in [5.41, 5.74) is 2.47. The maximum atomic E-state index is 10.1. The normalized spacial score (nSPS) is 9.33. The van der Waals surface area contributed by atoms with Crippen molar-refractivity contribution in [1.29, 1.82) is 0 Å². The highest BCUT2D eigenvalue weighted by molar-refractivity contribution is 5.85. The Bertz CT molecular complexity index is 568. The molecule has 0 fully saturated rings. The van der Waals surface area contributed by atoms with Crippen LogP contribution >= 0.6 is 24.8 Å². The minimum atomic E-state index is 0. The van der Waals surface area contributed by atoms with E-state index in [-0.39, 0.29) is 24.8 Å². The first-order valence-corrected chi connectivity index (χ1v) is 7.52. The van der Waals surface area contributed by atoms with E-state index >= 15 is 0 Å². The monoisotopic (exact) mass is 370 g/mol. The number of carbonyl (C=O) groups is 1. The second-order valence-electron chi connectivity index (χ2n) is 4.94. The van der Waals surface area contributed by atoms with Crippen LogP contribution in [0.15, 0.2) is 54.6 Å². The fourth-order valence-electron chi connectivity index (χ4n) is 2.18. The smallest absolute Gasteiger partial charge is 0.207 e. The van der Waals surface area contributed by atoms with E-state index in [0.717, 1.165) is 25.3 Å². The van der Waals surface area contributed by atoms with Gasteiger partial charge >= 0.3 is 0 Å². The van der Waals surface area contributed by atoms with E-state index in [1.807, 2.05) is 24.3 Å². The van der Waals surface area contributed by atoms with Gasteiger partial charge in [0.1, 0.15) is 12.4 Å². The zero-order chi connectivity index (χ0) is 15.5. The van der Waals surface area contributed by atoms with Gasteiger partial charge in [0, 0.05) is 26.1 Å². The quantitative estimate of drug-likeness (QED) is 0.499. The van der Waals surface area contributed by atoms with Crippen LogP contribution in [0.4, 0.5) is 0 Å². The van der Waals surface area contributed by atoms with Crippen molar-refractivity contribution in [2.75, 3.05) is 26.2 Å². The molecule has 24 heavy (non-hydrogen) atoms. The molecule has 2 N–H and O–H groups in total. The lowest BCUT2D eigenvalue weighted by Gasteiger charge is -2.12. The Labute approximate surface area is 155 Å². The second-order valence-corrected chi connectivity index (χ2v) is 4.94. The Morgan fingerprint density at radius 1 is 0.875 bits per heavy atom. The molecule has 0 unspecified atom stereocenters. The molecule has 0 aromatic heterocycles. The average molecular weight is 371 g/mol. The highest BCUT2D eigenvalue weighted by Crippen LogP contribution is 2.21. The Balaban J connectivity index is 0.00000264. The van der Waals surface area contributed by atoms with Crippen molar-refractivity contribution in [1.82, 2.24) is 10.6 Å². The standard InChI is InChI=1S/C18H22N2O2.2ClH/c21-15-20-11-10-19-12-13-22-18-9-5-4-8-17(18)14-16-6-2-1-3-7-16;;/h1-9,15,19H,10-14H2,(H,20,21);2*1H. The third-order valence-corrected chi connectivity index (χ3v) is 3.28. The van der Waals surface area contributed by atoms with Gasteiger partial charge in [-0.3, -0.25) is 4.79 Å². The highest BCUT2D eigenvalue weighted by Gasteiger charge is 2.03. The first-order chi connectivity index (χ1) is 10.9. The van der Waals surface area contributed by atoms with Crippen LogP contribution in [0.1, 0.15) is 11.1 Å². The van der Waals surface area contributed by atoms with Crippen molar-refractivity contribution in [3.05, 3.63) is 65.7 Å². The number of rotatable bonds is 10. The van der Waals surface area contributed by atoms with E-state index in [1.165, 1.54) is 11.1 Å². The number of benzene rings is 2. The van der Waals surface area contributed by atoms with Crippen LogP contribution < -0.4 is 15.4 Å². The summed E-state index contributed by atoms with van der Waals surface area (Å²) in [7, 11) is 0. The van der Waals surface area contributed by atoms with Crippen molar-refractivity contribution in [2.24, 2.45) is 0 Å². The molecular weight excluding hydrogens is 347 g/mol. The zero-order valence-electron chi connectivity index (χ0n) is 13.4. The fraction of sp³-hybridized carbons (Fsp3) is 0.278. The summed E-state index contributed by atoms with van der Waals surface area (Å²) in [4.78, 5) is 10.1. The zero-order valence-corrected chi connectivity index (χ0v) is 15.1. The molecule has 0 saturated carbocycles. The lowest BCUT2D eigenvalue weighted by Crippen LogP contribution is -2.29. The third-order valence-electron chi connectivity index (χ3n) is 3.28. The molecule has 0 radical (unpaired) electrons. The van der Waals surface area contributed by atoms with E-state index in [9.17, 15) is 4.79 Å². The molecular formula is C18H24Cl2N2O2. The third kappa shape index (κ3) is 8.20. The molecule has 0 saturated heterocycles. The van der Waals surface area contributed by atoms with E-state index in [1.54, 1.807) is 0 Å². The summed E-state index contributed by atoms with van der Waals surface area (Å²) >= 11 is 0. The van der Waals surface area contributed by atoms with Crippen molar-refractivity contribution < 1.29 is 9.53 Å². The van der Waals surface area contributed by atoms with Crippen LogP contribution in [0, 0.1) is 0 Å². The van der Waals surface area contributed by atoms with Gasteiger partial charge in [-0.2, -0.15) is 0 Å². The molecule has 2 aromatic rings. The number of ether oxygens (including phenoxy) is 1. The Kier molecular flexibility index (Phi) is 12.7. The summed E-state index contributed by atoms with van der Waals surface area (Å²) < 4.78 is 5.86. The first-order valence-electron chi connectivity index (χ1n) is 7.52. The summed E-state index contributed by atoms with van der Waals surface area (Å²) in [5.74, 6) is 0.930. The second kappa shape index (κ2) is 13.7. The largest absolute Gasteiger partial charge is 0.492 e. The van der Waals surface area contributed by atoms with Crippen LogP contribution in [-0.2, 0) is 11.2 Å². The molecule has 132 valence electrons. The number of amides is 1. The van der Waals surface area contributed by atoms with E-state index in [0.29, 0.717) is 19.6 Å². The maximum Gasteiger partial charge on any atom is 0.207 e. The van der Waals surface area contributed by atoms with Gasteiger partial charge in [0.05, 0.1) is 0 Å². The number of halogens is 2. The fourth-order valence-corrected chi connectivity index (χ4v) is 2.18. The predicted molar refractivity (Wildman–Crippen MR) is 103 cm³/mol. The first kappa shape index (κ1) is 22.2. The van der Waals surface area contributed by atoms with Gasteiger partial charge in [-0.25, -0.2) is 0 Å². The molecule has 1 amide bonds. The van der Waals surface area contributed by atoms with Crippen LogP contribution in [0.25, 0.3) is 0 Å². The average Bonchev–Trinajstić information content (AvgIpc) is 2.56. The molecule has 0 heterocycles. The van der Waals surface area contributed by atoms with Crippen molar-refractivity contribution in [3.8, 4) is 5.75 Å². The molecule has 0 aliphatic heterocycles. The molecule has 0 aliphatic rings. The van der Waals surface area contributed by atoms with Gasteiger partial charge in [0.2, 0.25) is 6.41 Å². The van der Waals surface area contributed by atoms with Gasteiger partial charge in [-0.05, 0) is 17.2 Å². The number of nitrogens with one attached hydrogen (secondary N) is 2. The van der Waals surface area contributed by atoms with Crippen LogP contribution in [0.3, 0.4) is 0 Å². The van der Waals surface area contributed by atoms with Gasteiger partial charge in [0.15, 0.2) is 0 Å². The van der Waals surface area contributed by atoms with Crippen molar-refractivity contribution in [3.63, 3.8) is 0 Å². The van der Waals surface area contributed by atoms with Crippen molar-refractivity contribution in [2.45, 2.75) is 6.42 Å². The summed E-state index contributed by atoms with van der Waals surface area (Å²) in [6.07, 6.45) is 1.58. The molecule has 0 spiro atoms. The van der Waals surface area contributed by atoms with Crippen LogP contribution in [-0.4, -0.2) is 32.7 Å². The number of para-hydroxylation sites is 1. The molecule has 0 bridgehead atoms. The van der Waals surface area contributed by atoms with Gasteiger partial charge in [0.25, 0.3) is 0 Å². The van der Waals surface area contributed by atoms with Gasteiger partial charge in [-0.1, -0.05) is 48.5 Å². The Hall–Kier alpha value is -1.75. The predicted octanol–water partition coefficient (Wildman–Crippen LogP) is 2.84. The number of carbonyl (C=O) groups excluding carboxylic acids is 1. The number of hydrogen-bond acceptors (Lipinski definition) is 3. The Morgan fingerprint density at radius 3 is 2.33 bits per heavy atom. The molecule has 0 aliphatic carbocycles. The molecule has 4 nitrogen and oxygen atoms in total. The summed E-state index contributed by atoms with van der Waals surface area (Å²) in [5, 5.41) is 5.82. The van der Waals surface area contributed by atoms with Crippen LogP contribution in [0.5, 0.6) is 5.75 Å². The number of hydrogen-bond donors (Lipinski definition) is 2. The summed E-state index contributed by atoms with van der Waals surface area (Å²) in [6, 6.07) is 18.5. The van der Waals surface area contributed by atoms with Gasteiger partial charge in [-0.15, -0.1) is 24.8 Å². The molecule has 2 aromatic carbocycles. The highest BCUT2D eigenvalue weighted by atomic mass is 35.5. The molecule has 0 atom stereocenters. The Morgan fingerprint density at radius 2 is 1.58 bits per heavy atom.